The van der Waals surface area contributed by atoms with Crippen molar-refractivity contribution in [3.05, 3.63) is 35.1 Å². The Balaban J connectivity index is 1.96. The van der Waals surface area contributed by atoms with Gasteiger partial charge in [-0.05, 0) is 18.4 Å². The van der Waals surface area contributed by atoms with E-state index in [1.54, 1.807) is 11.9 Å². The van der Waals surface area contributed by atoms with E-state index >= 15 is 0 Å². The van der Waals surface area contributed by atoms with Gasteiger partial charge in [-0.1, -0.05) is 31.9 Å². The molecule has 0 spiro atoms. The predicted octanol–water partition coefficient (Wildman–Crippen LogP) is 3.10. The number of amides is 1. The van der Waals surface area contributed by atoms with E-state index in [1.807, 2.05) is 4.31 Å². The van der Waals surface area contributed by atoms with Crippen LogP contribution in [-0.2, 0) is 11.3 Å². The summed E-state index contributed by atoms with van der Waals surface area (Å²) in [6.45, 7) is 4.79. The third-order valence-corrected chi connectivity index (χ3v) is 4.57. The molecule has 1 atom stereocenters. The third kappa shape index (κ3) is 3.95. The quantitative estimate of drug-likeness (QED) is 0.664. The molecular weight excluding hydrogens is 313 g/mol. The topological polar surface area (TPSA) is 32.3 Å². The van der Waals surface area contributed by atoms with Gasteiger partial charge >= 0.3 is 0 Å². The lowest BCUT2D eigenvalue weighted by Crippen LogP contribution is -2.42. The minimum atomic E-state index is -1.51. The van der Waals surface area contributed by atoms with Crippen molar-refractivity contribution in [2.24, 2.45) is 5.92 Å². The summed E-state index contributed by atoms with van der Waals surface area (Å²) in [6.07, 6.45) is 0.726. The fourth-order valence-corrected chi connectivity index (χ4v) is 3.67. The van der Waals surface area contributed by atoms with Crippen molar-refractivity contribution in [2.45, 2.75) is 32.9 Å². The molecule has 2 rings (SSSR count). The van der Waals surface area contributed by atoms with Gasteiger partial charge in [-0.25, -0.2) is 17.5 Å². The Bertz CT molecular complexity index is 554. The van der Waals surface area contributed by atoms with E-state index in [2.05, 4.69) is 19.2 Å². The molecule has 122 valence electrons. The second kappa shape index (κ2) is 7.37. The maximum atomic E-state index is 13.6. The summed E-state index contributed by atoms with van der Waals surface area (Å²) in [4.78, 5) is 12.2. The second-order valence-corrected chi connectivity index (χ2v) is 6.82. The van der Waals surface area contributed by atoms with Crippen LogP contribution in [-0.4, -0.2) is 28.6 Å². The standard InChI is InChI=1S/C15H19F3N2OS/c1-9(2)8-20-12(5-6-22-20)15(21)19-7-10-3-4-11(16)14(18)13(10)17/h3-4,9,12H,5-8H2,1-2H3,(H,19,21). The highest BCUT2D eigenvalue weighted by Crippen LogP contribution is 2.28. The first kappa shape index (κ1) is 17.1. The molecule has 0 saturated carbocycles. The lowest BCUT2D eigenvalue weighted by Gasteiger charge is -2.23. The molecule has 1 fully saturated rings. The van der Waals surface area contributed by atoms with Gasteiger partial charge in [-0.15, -0.1) is 0 Å². The summed E-state index contributed by atoms with van der Waals surface area (Å²) in [7, 11) is 0. The van der Waals surface area contributed by atoms with Crippen molar-refractivity contribution < 1.29 is 18.0 Å². The molecule has 7 heteroatoms. The molecular formula is C15H19F3N2OS. The fourth-order valence-electron chi connectivity index (χ4n) is 2.32. The maximum Gasteiger partial charge on any atom is 0.238 e. The summed E-state index contributed by atoms with van der Waals surface area (Å²) in [5.41, 5.74) is -0.0618. The Morgan fingerprint density at radius 1 is 1.36 bits per heavy atom. The first-order chi connectivity index (χ1) is 10.4. The molecule has 1 amide bonds. The molecule has 0 aliphatic carbocycles. The fraction of sp³-hybridized carbons (Fsp3) is 0.533. The lowest BCUT2D eigenvalue weighted by atomic mass is 10.1. The largest absolute Gasteiger partial charge is 0.351 e. The molecule has 1 aromatic rings. The summed E-state index contributed by atoms with van der Waals surface area (Å²) < 4.78 is 41.6. The predicted molar refractivity (Wildman–Crippen MR) is 80.6 cm³/mol. The van der Waals surface area contributed by atoms with Crippen LogP contribution in [0.4, 0.5) is 13.2 Å². The molecule has 0 bridgehead atoms. The van der Waals surface area contributed by atoms with Crippen molar-refractivity contribution in [1.82, 2.24) is 9.62 Å². The van der Waals surface area contributed by atoms with Crippen LogP contribution >= 0.6 is 11.9 Å². The zero-order chi connectivity index (χ0) is 16.3. The van der Waals surface area contributed by atoms with Crippen LogP contribution in [0.15, 0.2) is 12.1 Å². The average Bonchev–Trinajstić information content (AvgIpc) is 2.91. The van der Waals surface area contributed by atoms with Crippen LogP contribution < -0.4 is 5.32 Å². The van der Waals surface area contributed by atoms with E-state index in [-0.39, 0.29) is 24.1 Å². The van der Waals surface area contributed by atoms with Gasteiger partial charge < -0.3 is 5.32 Å². The molecule has 3 nitrogen and oxygen atoms in total. The number of hydrogen-bond acceptors (Lipinski definition) is 3. The summed E-state index contributed by atoms with van der Waals surface area (Å²) in [5, 5.41) is 2.61. The summed E-state index contributed by atoms with van der Waals surface area (Å²) in [5.74, 6) is -2.91. The molecule has 1 saturated heterocycles. The smallest absolute Gasteiger partial charge is 0.238 e. The van der Waals surface area contributed by atoms with Crippen LogP contribution in [0.2, 0.25) is 0 Å². The molecule has 1 aliphatic heterocycles. The van der Waals surface area contributed by atoms with E-state index in [0.29, 0.717) is 5.92 Å². The highest BCUT2D eigenvalue weighted by Gasteiger charge is 2.31. The van der Waals surface area contributed by atoms with Crippen LogP contribution in [0, 0.1) is 23.4 Å². The van der Waals surface area contributed by atoms with E-state index in [1.165, 1.54) is 0 Å². The van der Waals surface area contributed by atoms with Gasteiger partial charge in [0.25, 0.3) is 0 Å². The van der Waals surface area contributed by atoms with Gasteiger partial charge in [0.1, 0.15) is 0 Å². The highest BCUT2D eigenvalue weighted by molar-refractivity contribution is 7.97. The molecule has 0 aromatic heterocycles. The Hall–Kier alpha value is -1.21. The Morgan fingerprint density at radius 3 is 2.77 bits per heavy atom. The van der Waals surface area contributed by atoms with Crippen molar-refractivity contribution in [1.29, 1.82) is 0 Å². The third-order valence-electron chi connectivity index (χ3n) is 3.41. The van der Waals surface area contributed by atoms with Crippen molar-refractivity contribution in [3.8, 4) is 0 Å². The second-order valence-electron chi connectivity index (χ2n) is 5.68. The lowest BCUT2D eigenvalue weighted by molar-refractivity contribution is -0.124. The number of halogens is 3. The van der Waals surface area contributed by atoms with Crippen molar-refractivity contribution in [3.63, 3.8) is 0 Å². The van der Waals surface area contributed by atoms with E-state index < -0.39 is 17.5 Å². The number of nitrogens with one attached hydrogen (secondary N) is 1. The first-order valence-corrected chi connectivity index (χ1v) is 8.14. The Labute approximate surface area is 132 Å². The number of hydrogen-bond donors (Lipinski definition) is 1. The van der Waals surface area contributed by atoms with Gasteiger partial charge in [0, 0.05) is 24.4 Å². The Kier molecular flexibility index (Phi) is 5.74. The molecule has 1 aliphatic rings. The number of carbonyl (C=O) groups excluding carboxylic acids is 1. The zero-order valence-electron chi connectivity index (χ0n) is 12.5. The highest BCUT2D eigenvalue weighted by atomic mass is 32.2. The van der Waals surface area contributed by atoms with Crippen LogP contribution in [0.25, 0.3) is 0 Å². The molecule has 0 radical (unpaired) electrons. The molecule has 22 heavy (non-hydrogen) atoms. The monoisotopic (exact) mass is 332 g/mol. The molecule has 1 heterocycles. The minimum absolute atomic E-state index is 0.0618. The average molecular weight is 332 g/mol. The van der Waals surface area contributed by atoms with Gasteiger partial charge in [0.15, 0.2) is 17.5 Å². The van der Waals surface area contributed by atoms with Gasteiger partial charge in [-0.3, -0.25) is 4.79 Å². The normalized spacial score (nSPS) is 18.9. The maximum absolute atomic E-state index is 13.6. The van der Waals surface area contributed by atoms with E-state index in [0.717, 1.165) is 30.9 Å². The van der Waals surface area contributed by atoms with Gasteiger partial charge in [0.05, 0.1) is 6.04 Å². The van der Waals surface area contributed by atoms with Gasteiger partial charge in [0.2, 0.25) is 5.91 Å². The van der Waals surface area contributed by atoms with E-state index in [9.17, 15) is 18.0 Å². The molecule has 1 aromatic carbocycles. The summed E-state index contributed by atoms with van der Waals surface area (Å²) in [6, 6.07) is 1.74. The number of carbonyl (C=O) groups is 1. The first-order valence-electron chi connectivity index (χ1n) is 7.19. The molecule has 1 unspecified atom stereocenters. The zero-order valence-corrected chi connectivity index (χ0v) is 13.4. The van der Waals surface area contributed by atoms with E-state index in [4.69, 9.17) is 0 Å². The Morgan fingerprint density at radius 2 is 2.09 bits per heavy atom. The van der Waals surface area contributed by atoms with Crippen LogP contribution in [0.5, 0.6) is 0 Å². The SMILES string of the molecule is CC(C)CN1SCCC1C(=O)NCc1ccc(F)c(F)c1F. The number of rotatable bonds is 5. The van der Waals surface area contributed by atoms with Crippen molar-refractivity contribution in [2.75, 3.05) is 12.3 Å². The molecule has 1 N–H and O–H groups in total. The number of benzene rings is 1. The van der Waals surface area contributed by atoms with Gasteiger partial charge in [-0.2, -0.15) is 0 Å². The van der Waals surface area contributed by atoms with Crippen molar-refractivity contribution >= 4 is 17.9 Å². The minimum Gasteiger partial charge on any atom is -0.351 e. The number of nitrogens with zero attached hydrogens (tertiary/aromatic N) is 1. The van der Waals surface area contributed by atoms with Crippen LogP contribution in [0.3, 0.4) is 0 Å². The summed E-state index contributed by atoms with van der Waals surface area (Å²) >= 11 is 1.63. The van der Waals surface area contributed by atoms with Crippen LogP contribution in [0.1, 0.15) is 25.8 Å².